The highest BCUT2D eigenvalue weighted by molar-refractivity contribution is 7.89. The number of hydrogen-bond acceptors (Lipinski definition) is 5. The maximum Gasteiger partial charge on any atom is 0.242 e. The predicted octanol–water partition coefficient (Wildman–Crippen LogP) is 1.53. The number of sulfonamides is 1. The van der Waals surface area contributed by atoms with Crippen molar-refractivity contribution in [3.05, 3.63) is 41.0 Å². The molecule has 0 radical (unpaired) electrons. The van der Waals surface area contributed by atoms with E-state index in [0.717, 1.165) is 12.1 Å². The molecule has 1 aromatic heterocycles. The number of benzene rings is 1. The van der Waals surface area contributed by atoms with Crippen LogP contribution < -0.4 is 10.5 Å². The fraction of sp³-hybridized carbons (Fsp3) is 0.100. The lowest BCUT2D eigenvalue weighted by Gasteiger charge is -2.08. The first-order chi connectivity index (χ1) is 8.90. The van der Waals surface area contributed by atoms with Crippen LogP contribution in [0.4, 0.5) is 10.1 Å². The fourth-order valence-corrected chi connectivity index (χ4v) is 2.87. The zero-order valence-corrected chi connectivity index (χ0v) is 11.0. The number of halogens is 2. The molecular formula is C10H9ClFN3O3S. The number of rotatable bonds is 4. The lowest BCUT2D eigenvalue weighted by Crippen LogP contribution is -2.24. The highest BCUT2D eigenvalue weighted by atomic mass is 35.5. The smallest absolute Gasteiger partial charge is 0.242 e. The number of aromatic nitrogens is 1. The van der Waals surface area contributed by atoms with Gasteiger partial charge in [-0.25, -0.2) is 17.5 Å². The molecule has 9 heteroatoms. The van der Waals surface area contributed by atoms with Crippen LogP contribution in [0.25, 0.3) is 0 Å². The van der Waals surface area contributed by atoms with Crippen molar-refractivity contribution in [2.75, 3.05) is 5.73 Å². The van der Waals surface area contributed by atoms with E-state index in [1.54, 1.807) is 0 Å². The van der Waals surface area contributed by atoms with Crippen molar-refractivity contribution >= 4 is 27.3 Å². The molecule has 2 rings (SSSR count). The van der Waals surface area contributed by atoms with Crippen LogP contribution in [0.1, 0.15) is 5.69 Å². The Balaban J connectivity index is 2.27. The van der Waals surface area contributed by atoms with Gasteiger partial charge in [-0.15, -0.1) is 0 Å². The van der Waals surface area contributed by atoms with Crippen LogP contribution >= 0.6 is 11.6 Å². The van der Waals surface area contributed by atoms with Gasteiger partial charge >= 0.3 is 0 Å². The van der Waals surface area contributed by atoms with E-state index >= 15 is 0 Å². The Morgan fingerprint density at radius 1 is 1.47 bits per heavy atom. The lowest BCUT2D eigenvalue weighted by atomic mass is 10.3. The van der Waals surface area contributed by atoms with Crippen LogP contribution in [0.15, 0.2) is 33.9 Å². The Morgan fingerprint density at radius 3 is 2.84 bits per heavy atom. The quantitative estimate of drug-likeness (QED) is 0.835. The maximum absolute atomic E-state index is 13.1. The van der Waals surface area contributed by atoms with Crippen LogP contribution in [0, 0.1) is 5.82 Å². The van der Waals surface area contributed by atoms with Crippen molar-refractivity contribution in [2.45, 2.75) is 11.4 Å². The van der Waals surface area contributed by atoms with Gasteiger partial charge in [-0.2, -0.15) is 0 Å². The summed E-state index contributed by atoms with van der Waals surface area (Å²) in [5, 5.41) is 3.30. The minimum atomic E-state index is -3.92. The zero-order chi connectivity index (χ0) is 14.0. The molecule has 0 atom stereocenters. The molecule has 0 aliphatic rings. The van der Waals surface area contributed by atoms with Gasteiger partial charge in [-0.05, 0) is 12.1 Å². The molecule has 0 saturated heterocycles. The minimum absolute atomic E-state index is 0.0769. The molecule has 3 N–H and O–H groups in total. The van der Waals surface area contributed by atoms with Crippen molar-refractivity contribution in [1.82, 2.24) is 9.88 Å². The SMILES string of the molecule is Nc1cc(S(=O)(=O)NCc2ccon2)c(Cl)cc1F. The summed E-state index contributed by atoms with van der Waals surface area (Å²) in [7, 11) is -3.92. The van der Waals surface area contributed by atoms with Gasteiger partial charge in [0.2, 0.25) is 10.0 Å². The molecule has 1 heterocycles. The third kappa shape index (κ3) is 3.03. The number of nitrogen functional groups attached to an aromatic ring is 1. The van der Waals surface area contributed by atoms with Gasteiger partial charge in [0.25, 0.3) is 0 Å². The highest BCUT2D eigenvalue weighted by Gasteiger charge is 2.20. The van der Waals surface area contributed by atoms with Gasteiger partial charge in [0, 0.05) is 6.07 Å². The number of hydrogen-bond donors (Lipinski definition) is 2. The number of nitrogens with zero attached hydrogens (tertiary/aromatic N) is 1. The molecule has 6 nitrogen and oxygen atoms in total. The van der Waals surface area contributed by atoms with E-state index in [4.69, 9.17) is 17.3 Å². The van der Waals surface area contributed by atoms with E-state index in [-0.39, 0.29) is 22.2 Å². The predicted molar refractivity (Wildman–Crippen MR) is 66.4 cm³/mol. The minimum Gasteiger partial charge on any atom is -0.396 e. The molecule has 0 fully saturated rings. The highest BCUT2D eigenvalue weighted by Crippen LogP contribution is 2.26. The second-order valence-electron chi connectivity index (χ2n) is 3.62. The van der Waals surface area contributed by atoms with Gasteiger partial charge in [-0.3, -0.25) is 0 Å². The van der Waals surface area contributed by atoms with E-state index in [9.17, 15) is 12.8 Å². The summed E-state index contributed by atoms with van der Waals surface area (Å²) in [4.78, 5) is -0.295. The second-order valence-corrected chi connectivity index (χ2v) is 5.76. The van der Waals surface area contributed by atoms with Crippen LogP contribution in [-0.2, 0) is 16.6 Å². The molecule has 0 aliphatic carbocycles. The van der Waals surface area contributed by atoms with Crippen molar-refractivity contribution < 1.29 is 17.3 Å². The van der Waals surface area contributed by atoms with Crippen LogP contribution in [-0.4, -0.2) is 13.6 Å². The van der Waals surface area contributed by atoms with E-state index in [0.29, 0.717) is 5.69 Å². The van der Waals surface area contributed by atoms with Crippen LogP contribution in [0.2, 0.25) is 5.02 Å². The van der Waals surface area contributed by atoms with Gasteiger partial charge in [-0.1, -0.05) is 16.8 Å². The normalized spacial score (nSPS) is 11.7. The average Bonchev–Trinajstić information content (AvgIpc) is 2.84. The van der Waals surface area contributed by atoms with Gasteiger partial charge in [0.05, 0.1) is 22.9 Å². The molecule has 0 aliphatic heterocycles. The Hall–Kier alpha value is -1.64. The topological polar surface area (TPSA) is 98.2 Å². The first-order valence-electron chi connectivity index (χ1n) is 5.03. The molecule has 0 amide bonds. The van der Waals surface area contributed by atoms with Crippen LogP contribution in [0.3, 0.4) is 0 Å². The summed E-state index contributed by atoms with van der Waals surface area (Å²) in [6, 6.07) is 3.31. The van der Waals surface area contributed by atoms with Gasteiger partial charge in [0.15, 0.2) is 0 Å². The Bertz CT molecular complexity index is 688. The Labute approximate surface area is 113 Å². The van der Waals surface area contributed by atoms with Gasteiger partial charge < -0.3 is 10.3 Å². The summed E-state index contributed by atoms with van der Waals surface area (Å²) in [5.74, 6) is -0.777. The Kier molecular flexibility index (Phi) is 3.74. The first kappa shape index (κ1) is 13.8. The Morgan fingerprint density at radius 2 is 2.21 bits per heavy atom. The van der Waals surface area contributed by atoms with Crippen molar-refractivity contribution in [2.24, 2.45) is 0 Å². The molecule has 0 saturated carbocycles. The monoisotopic (exact) mass is 305 g/mol. The third-order valence-electron chi connectivity index (χ3n) is 2.28. The molecule has 2 aromatic rings. The third-order valence-corrected chi connectivity index (χ3v) is 4.14. The zero-order valence-electron chi connectivity index (χ0n) is 9.43. The summed E-state index contributed by atoms with van der Waals surface area (Å²) in [6.45, 7) is -0.0769. The molecule has 102 valence electrons. The van der Waals surface area contributed by atoms with Crippen molar-refractivity contribution in [1.29, 1.82) is 0 Å². The second kappa shape index (κ2) is 5.16. The molecular weight excluding hydrogens is 297 g/mol. The summed E-state index contributed by atoms with van der Waals surface area (Å²) in [6.07, 6.45) is 1.31. The largest absolute Gasteiger partial charge is 0.396 e. The average molecular weight is 306 g/mol. The molecule has 1 aromatic carbocycles. The number of anilines is 1. The summed E-state index contributed by atoms with van der Waals surface area (Å²) in [5.41, 5.74) is 5.42. The molecule has 19 heavy (non-hydrogen) atoms. The van der Waals surface area contributed by atoms with E-state index in [2.05, 4.69) is 14.4 Å². The lowest BCUT2D eigenvalue weighted by molar-refractivity contribution is 0.411. The van der Waals surface area contributed by atoms with Gasteiger partial charge in [0.1, 0.15) is 17.0 Å². The molecule has 0 bridgehead atoms. The van der Waals surface area contributed by atoms with Crippen molar-refractivity contribution in [3.8, 4) is 0 Å². The van der Waals surface area contributed by atoms with E-state index in [1.165, 1.54) is 12.3 Å². The van der Waals surface area contributed by atoms with E-state index in [1.807, 2.05) is 0 Å². The first-order valence-corrected chi connectivity index (χ1v) is 6.90. The standard InChI is InChI=1S/C10H9ClFN3O3S/c11-7-3-8(12)9(13)4-10(7)19(16,17)14-5-6-1-2-18-15-6/h1-4,14H,5,13H2. The maximum atomic E-state index is 13.1. The fourth-order valence-electron chi connectivity index (χ4n) is 1.33. The van der Waals surface area contributed by atoms with Crippen LogP contribution in [0.5, 0.6) is 0 Å². The summed E-state index contributed by atoms with van der Waals surface area (Å²) < 4.78 is 43.9. The van der Waals surface area contributed by atoms with E-state index < -0.39 is 15.8 Å². The molecule has 0 unspecified atom stereocenters. The number of nitrogens with one attached hydrogen (secondary N) is 1. The number of nitrogens with two attached hydrogens (primary N) is 1. The molecule has 0 spiro atoms. The van der Waals surface area contributed by atoms with Crippen molar-refractivity contribution in [3.63, 3.8) is 0 Å². The summed E-state index contributed by atoms with van der Waals surface area (Å²) >= 11 is 5.70.